The third kappa shape index (κ3) is 3.58. The number of sulfonamides is 1. The van der Waals surface area contributed by atoms with E-state index in [2.05, 4.69) is 4.72 Å². The lowest BCUT2D eigenvalue weighted by Crippen LogP contribution is -2.40. The minimum atomic E-state index is -3.83. The molecular formula is C15H20N2O4S2. The van der Waals surface area contributed by atoms with Gasteiger partial charge in [-0.1, -0.05) is 19.3 Å². The number of nitrogens with one attached hydrogen (secondary N) is 1. The van der Waals surface area contributed by atoms with Crippen molar-refractivity contribution in [2.75, 3.05) is 6.54 Å². The summed E-state index contributed by atoms with van der Waals surface area (Å²) >= 11 is 1.25. The lowest BCUT2D eigenvalue weighted by atomic mass is 9.94. The molecule has 0 aromatic carbocycles. The predicted octanol–water partition coefficient (Wildman–Crippen LogP) is 1.73. The van der Waals surface area contributed by atoms with Crippen LogP contribution in [0.3, 0.4) is 0 Å². The van der Waals surface area contributed by atoms with Crippen molar-refractivity contribution in [3.05, 3.63) is 16.8 Å². The Morgan fingerprint density at radius 3 is 2.65 bits per heavy atom. The van der Waals surface area contributed by atoms with Gasteiger partial charge in [-0.2, -0.15) is 11.3 Å². The molecule has 23 heavy (non-hydrogen) atoms. The Morgan fingerprint density at radius 2 is 2.00 bits per heavy atom. The first-order valence-electron chi connectivity index (χ1n) is 7.86. The van der Waals surface area contributed by atoms with Gasteiger partial charge in [0.2, 0.25) is 11.8 Å². The van der Waals surface area contributed by atoms with Crippen molar-refractivity contribution in [1.29, 1.82) is 0 Å². The largest absolute Gasteiger partial charge is 0.339 e. The lowest BCUT2D eigenvalue weighted by Gasteiger charge is -2.31. The Kier molecular flexibility index (Phi) is 4.72. The van der Waals surface area contributed by atoms with Crippen molar-refractivity contribution in [3.63, 3.8) is 0 Å². The summed E-state index contributed by atoms with van der Waals surface area (Å²) in [6, 6.07) is 1.66. The normalized spacial score (nSPS) is 23.2. The minimum Gasteiger partial charge on any atom is -0.339 e. The molecule has 126 valence electrons. The number of rotatable bonds is 4. The number of hydrogen-bond acceptors (Lipinski definition) is 5. The first kappa shape index (κ1) is 16.4. The first-order chi connectivity index (χ1) is 11.0. The van der Waals surface area contributed by atoms with Gasteiger partial charge in [-0.3, -0.25) is 9.59 Å². The highest BCUT2D eigenvalue weighted by atomic mass is 32.2. The number of thiophene rings is 1. The second-order valence-electron chi connectivity index (χ2n) is 6.17. The van der Waals surface area contributed by atoms with Crippen molar-refractivity contribution in [3.8, 4) is 0 Å². The number of carbonyl (C=O) groups excluding carboxylic acids is 2. The van der Waals surface area contributed by atoms with Gasteiger partial charge in [-0.15, -0.1) is 0 Å². The average Bonchev–Trinajstić information content (AvgIpc) is 3.17. The molecule has 3 rings (SSSR count). The maximum atomic E-state index is 12.3. The second kappa shape index (κ2) is 6.60. The molecule has 1 aliphatic heterocycles. The van der Waals surface area contributed by atoms with Gasteiger partial charge in [0, 0.05) is 24.4 Å². The van der Waals surface area contributed by atoms with E-state index in [1.165, 1.54) is 29.2 Å². The van der Waals surface area contributed by atoms with Gasteiger partial charge in [0.1, 0.15) is 0 Å². The molecule has 0 bridgehead atoms. The van der Waals surface area contributed by atoms with E-state index in [9.17, 15) is 18.0 Å². The van der Waals surface area contributed by atoms with Crippen LogP contribution < -0.4 is 4.72 Å². The Balaban J connectivity index is 1.64. The minimum absolute atomic E-state index is 0.0371. The maximum Gasteiger partial charge on any atom is 0.264 e. The monoisotopic (exact) mass is 356 g/mol. The fourth-order valence-corrected chi connectivity index (χ4v) is 5.40. The standard InChI is InChI=1S/C15H20N2O4S2/c18-14-8-11(9-17(14)12-4-2-1-3-5-12)15(19)16-23(20,21)13-6-7-22-10-13/h6-7,10-12H,1-5,8-9H2,(H,16,19). The van der Waals surface area contributed by atoms with E-state index in [0.717, 1.165) is 25.7 Å². The zero-order valence-corrected chi connectivity index (χ0v) is 14.4. The summed E-state index contributed by atoms with van der Waals surface area (Å²) in [5.41, 5.74) is 0. The van der Waals surface area contributed by atoms with Crippen LogP contribution in [0.1, 0.15) is 38.5 Å². The molecule has 6 nitrogen and oxygen atoms in total. The van der Waals surface area contributed by atoms with Gasteiger partial charge in [0.15, 0.2) is 0 Å². The first-order valence-corrected chi connectivity index (χ1v) is 10.3. The Bertz CT molecular complexity index is 678. The van der Waals surface area contributed by atoms with Crippen molar-refractivity contribution in [2.45, 2.75) is 49.5 Å². The summed E-state index contributed by atoms with van der Waals surface area (Å²) in [6.45, 7) is 0.328. The van der Waals surface area contributed by atoms with Gasteiger partial charge >= 0.3 is 0 Å². The highest BCUT2D eigenvalue weighted by Crippen LogP contribution is 2.29. The van der Waals surface area contributed by atoms with E-state index in [-0.39, 0.29) is 23.3 Å². The molecule has 0 spiro atoms. The molecule has 1 unspecified atom stereocenters. The number of likely N-dealkylation sites (tertiary alicyclic amines) is 1. The Hall–Kier alpha value is -1.41. The van der Waals surface area contributed by atoms with Gasteiger partial charge in [-0.25, -0.2) is 13.1 Å². The maximum absolute atomic E-state index is 12.3. The van der Waals surface area contributed by atoms with Crippen molar-refractivity contribution < 1.29 is 18.0 Å². The van der Waals surface area contributed by atoms with E-state index in [0.29, 0.717) is 6.54 Å². The quantitative estimate of drug-likeness (QED) is 0.891. The van der Waals surface area contributed by atoms with Crippen LogP contribution in [0.2, 0.25) is 0 Å². The van der Waals surface area contributed by atoms with Crippen LogP contribution in [0.25, 0.3) is 0 Å². The van der Waals surface area contributed by atoms with E-state index in [4.69, 9.17) is 0 Å². The van der Waals surface area contributed by atoms with Gasteiger partial charge < -0.3 is 4.90 Å². The van der Waals surface area contributed by atoms with Gasteiger partial charge in [-0.05, 0) is 24.3 Å². The highest BCUT2D eigenvalue weighted by Gasteiger charge is 2.39. The van der Waals surface area contributed by atoms with E-state index >= 15 is 0 Å². The molecule has 2 heterocycles. The second-order valence-corrected chi connectivity index (χ2v) is 8.63. The summed E-state index contributed by atoms with van der Waals surface area (Å²) in [6.07, 6.45) is 5.47. The molecule has 1 atom stereocenters. The van der Waals surface area contributed by atoms with Crippen LogP contribution in [0, 0.1) is 5.92 Å². The van der Waals surface area contributed by atoms with Crippen LogP contribution >= 0.6 is 11.3 Å². The smallest absolute Gasteiger partial charge is 0.264 e. The SMILES string of the molecule is O=C(NS(=O)(=O)c1ccsc1)C1CC(=O)N(C2CCCCC2)C1. The molecule has 2 amide bonds. The third-order valence-electron chi connectivity index (χ3n) is 4.59. The molecule has 1 aromatic rings. The van der Waals surface area contributed by atoms with Crippen LogP contribution in [0.5, 0.6) is 0 Å². The van der Waals surface area contributed by atoms with Crippen LogP contribution in [-0.4, -0.2) is 37.7 Å². The number of hydrogen-bond donors (Lipinski definition) is 1. The molecule has 2 aliphatic rings. The number of nitrogens with zero attached hydrogens (tertiary/aromatic N) is 1. The highest BCUT2D eigenvalue weighted by molar-refractivity contribution is 7.90. The molecule has 1 N–H and O–H groups in total. The Morgan fingerprint density at radius 1 is 1.26 bits per heavy atom. The summed E-state index contributed by atoms with van der Waals surface area (Å²) < 4.78 is 26.3. The van der Waals surface area contributed by atoms with Crippen molar-refractivity contribution in [1.82, 2.24) is 9.62 Å². The fraction of sp³-hybridized carbons (Fsp3) is 0.600. The average molecular weight is 356 g/mol. The van der Waals surface area contributed by atoms with Crippen LogP contribution in [0.15, 0.2) is 21.7 Å². The van der Waals surface area contributed by atoms with Crippen LogP contribution in [0.4, 0.5) is 0 Å². The van der Waals surface area contributed by atoms with E-state index < -0.39 is 21.8 Å². The third-order valence-corrected chi connectivity index (χ3v) is 6.76. The Labute approximate surface area is 139 Å². The van der Waals surface area contributed by atoms with E-state index in [1.807, 2.05) is 0 Å². The van der Waals surface area contributed by atoms with E-state index in [1.54, 1.807) is 10.3 Å². The van der Waals surface area contributed by atoms with Gasteiger partial charge in [0.25, 0.3) is 10.0 Å². The van der Waals surface area contributed by atoms with Crippen molar-refractivity contribution >= 4 is 33.2 Å². The topological polar surface area (TPSA) is 83.5 Å². The molecule has 1 aliphatic carbocycles. The van der Waals surface area contributed by atoms with Gasteiger partial charge in [0.05, 0.1) is 10.8 Å². The number of amides is 2. The zero-order chi connectivity index (χ0) is 16.4. The molecule has 8 heteroatoms. The molecular weight excluding hydrogens is 336 g/mol. The molecule has 2 fully saturated rings. The predicted molar refractivity (Wildman–Crippen MR) is 86.3 cm³/mol. The molecule has 1 saturated heterocycles. The summed E-state index contributed by atoms with van der Waals surface area (Å²) in [5, 5.41) is 3.12. The summed E-state index contributed by atoms with van der Waals surface area (Å²) in [4.78, 5) is 26.3. The zero-order valence-electron chi connectivity index (χ0n) is 12.7. The van der Waals surface area contributed by atoms with Crippen LogP contribution in [-0.2, 0) is 19.6 Å². The van der Waals surface area contributed by atoms with Crippen molar-refractivity contribution in [2.24, 2.45) is 5.92 Å². The summed E-state index contributed by atoms with van der Waals surface area (Å²) in [7, 11) is -3.83. The lowest BCUT2D eigenvalue weighted by molar-refractivity contribution is -0.130. The fourth-order valence-electron chi connectivity index (χ4n) is 3.33. The number of carbonyl (C=O) groups is 2. The molecule has 0 radical (unpaired) electrons. The summed E-state index contributed by atoms with van der Waals surface area (Å²) in [5.74, 6) is -1.20. The molecule has 1 saturated carbocycles. The molecule has 1 aromatic heterocycles.